The number of hydrogen-bond donors (Lipinski definition) is 2. The highest BCUT2D eigenvalue weighted by molar-refractivity contribution is 5.87. The molecule has 1 aromatic carbocycles. The number of methoxy groups -OCH3 is 1. The van der Waals surface area contributed by atoms with Crippen LogP contribution in [0.25, 0.3) is 0 Å². The average Bonchev–Trinajstić information content (AvgIpc) is 2.36. The summed E-state index contributed by atoms with van der Waals surface area (Å²) in [6.45, 7) is 6.02. The summed E-state index contributed by atoms with van der Waals surface area (Å²) in [5, 5.41) is 12.3. The van der Waals surface area contributed by atoms with E-state index in [1.165, 1.54) is 0 Å². The Morgan fingerprint density at radius 2 is 2.05 bits per heavy atom. The van der Waals surface area contributed by atoms with Crippen molar-refractivity contribution in [3.05, 3.63) is 23.8 Å². The second kappa shape index (κ2) is 6.57. The van der Waals surface area contributed by atoms with Gasteiger partial charge in [0.2, 0.25) is 0 Å². The molecule has 0 amide bonds. The monoisotopic (exact) mass is 265 g/mol. The molecule has 0 atom stereocenters. The van der Waals surface area contributed by atoms with Crippen molar-refractivity contribution < 1.29 is 14.6 Å². The van der Waals surface area contributed by atoms with E-state index in [-0.39, 0.29) is 24.3 Å². The first-order valence-corrected chi connectivity index (χ1v) is 6.44. The van der Waals surface area contributed by atoms with Gasteiger partial charge in [0.15, 0.2) is 5.78 Å². The summed E-state index contributed by atoms with van der Waals surface area (Å²) in [7, 11) is 1.60. The fourth-order valence-corrected chi connectivity index (χ4v) is 1.73. The van der Waals surface area contributed by atoms with Crippen LogP contribution in [0.5, 0.6) is 5.75 Å². The van der Waals surface area contributed by atoms with Gasteiger partial charge >= 0.3 is 0 Å². The SMILES string of the molecule is COc1cccc(NCC(=O)C(C)(C)C)c1CCO. The van der Waals surface area contributed by atoms with Gasteiger partial charge in [-0.05, 0) is 12.1 Å². The van der Waals surface area contributed by atoms with E-state index in [1.54, 1.807) is 7.11 Å². The van der Waals surface area contributed by atoms with Crippen molar-refractivity contribution in [3.8, 4) is 5.75 Å². The van der Waals surface area contributed by atoms with Gasteiger partial charge in [0.1, 0.15) is 5.75 Å². The molecule has 106 valence electrons. The number of Topliss-reactive ketones (excluding diaryl/α,β-unsaturated/α-hetero) is 1. The second-order valence-corrected chi connectivity index (χ2v) is 5.49. The summed E-state index contributed by atoms with van der Waals surface area (Å²) < 4.78 is 5.28. The first-order valence-electron chi connectivity index (χ1n) is 6.44. The smallest absolute Gasteiger partial charge is 0.157 e. The lowest BCUT2D eigenvalue weighted by Crippen LogP contribution is -2.27. The number of aliphatic hydroxyl groups excluding tert-OH is 1. The number of ether oxygens (including phenoxy) is 1. The normalized spacial score (nSPS) is 11.2. The zero-order chi connectivity index (χ0) is 14.5. The number of carbonyl (C=O) groups excluding carboxylic acids is 1. The average molecular weight is 265 g/mol. The number of nitrogens with one attached hydrogen (secondary N) is 1. The van der Waals surface area contributed by atoms with E-state index in [1.807, 2.05) is 39.0 Å². The molecule has 4 heteroatoms. The van der Waals surface area contributed by atoms with E-state index in [4.69, 9.17) is 9.84 Å². The number of benzene rings is 1. The molecule has 0 aliphatic carbocycles. The molecule has 0 fully saturated rings. The molecule has 0 aromatic heterocycles. The maximum atomic E-state index is 11.9. The molecular formula is C15H23NO3. The Labute approximate surface area is 114 Å². The van der Waals surface area contributed by atoms with Crippen molar-refractivity contribution in [1.29, 1.82) is 0 Å². The Morgan fingerprint density at radius 1 is 1.37 bits per heavy atom. The molecule has 0 aliphatic rings. The predicted octanol–water partition coefficient (Wildman–Crippen LogP) is 2.26. The van der Waals surface area contributed by atoms with Gasteiger partial charge in [0, 0.05) is 29.7 Å². The lowest BCUT2D eigenvalue weighted by Gasteiger charge is -2.19. The molecule has 4 nitrogen and oxygen atoms in total. The third-order valence-corrected chi connectivity index (χ3v) is 2.99. The fourth-order valence-electron chi connectivity index (χ4n) is 1.73. The fraction of sp³-hybridized carbons (Fsp3) is 0.533. The van der Waals surface area contributed by atoms with Crippen molar-refractivity contribution >= 4 is 11.5 Å². The van der Waals surface area contributed by atoms with Crippen LogP contribution in [0.1, 0.15) is 26.3 Å². The van der Waals surface area contributed by atoms with Crippen LogP contribution >= 0.6 is 0 Å². The highest BCUT2D eigenvalue weighted by Crippen LogP contribution is 2.27. The Hall–Kier alpha value is -1.55. The molecule has 0 aliphatic heterocycles. The van der Waals surface area contributed by atoms with E-state index >= 15 is 0 Å². The highest BCUT2D eigenvalue weighted by atomic mass is 16.5. The number of rotatable bonds is 6. The van der Waals surface area contributed by atoms with Crippen molar-refractivity contribution in [2.24, 2.45) is 5.41 Å². The van der Waals surface area contributed by atoms with Gasteiger partial charge in [-0.2, -0.15) is 0 Å². The van der Waals surface area contributed by atoms with Gasteiger partial charge in [-0.25, -0.2) is 0 Å². The lowest BCUT2D eigenvalue weighted by atomic mass is 9.91. The Kier molecular flexibility index (Phi) is 5.36. The minimum atomic E-state index is -0.358. The Morgan fingerprint density at radius 3 is 2.58 bits per heavy atom. The van der Waals surface area contributed by atoms with Gasteiger partial charge in [0.25, 0.3) is 0 Å². The first-order chi connectivity index (χ1) is 8.90. The molecule has 0 radical (unpaired) electrons. The van der Waals surface area contributed by atoms with Crippen LogP contribution in [0, 0.1) is 5.41 Å². The molecule has 1 rings (SSSR count). The minimum absolute atomic E-state index is 0.0439. The molecule has 0 saturated heterocycles. The first kappa shape index (κ1) is 15.5. The van der Waals surface area contributed by atoms with Gasteiger partial charge in [-0.15, -0.1) is 0 Å². The van der Waals surface area contributed by atoms with Crippen LogP contribution in [0.15, 0.2) is 18.2 Å². The number of hydrogen-bond acceptors (Lipinski definition) is 4. The zero-order valence-corrected chi connectivity index (χ0v) is 12.1. The molecule has 0 heterocycles. The molecule has 0 saturated carbocycles. The van der Waals surface area contributed by atoms with Crippen LogP contribution in [-0.2, 0) is 11.2 Å². The maximum Gasteiger partial charge on any atom is 0.157 e. The number of ketones is 1. The molecule has 0 bridgehead atoms. The topological polar surface area (TPSA) is 58.6 Å². The quantitative estimate of drug-likeness (QED) is 0.828. The van der Waals surface area contributed by atoms with Gasteiger partial charge in [-0.3, -0.25) is 4.79 Å². The lowest BCUT2D eigenvalue weighted by molar-refractivity contribution is -0.124. The van der Waals surface area contributed by atoms with E-state index in [0.29, 0.717) is 6.42 Å². The predicted molar refractivity (Wildman–Crippen MR) is 76.7 cm³/mol. The van der Waals surface area contributed by atoms with Crippen molar-refractivity contribution in [2.75, 3.05) is 25.6 Å². The molecule has 19 heavy (non-hydrogen) atoms. The van der Waals surface area contributed by atoms with Crippen LogP contribution in [0.2, 0.25) is 0 Å². The number of anilines is 1. The summed E-state index contributed by atoms with van der Waals surface area (Å²) in [6.07, 6.45) is 0.496. The summed E-state index contributed by atoms with van der Waals surface area (Å²) in [5.74, 6) is 0.868. The van der Waals surface area contributed by atoms with E-state index in [0.717, 1.165) is 17.0 Å². The van der Waals surface area contributed by atoms with Crippen molar-refractivity contribution in [3.63, 3.8) is 0 Å². The minimum Gasteiger partial charge on any atom is -0.496 e. The molecule has 1 aromatic rings. The second-order valence-electron chi connectivity index (χ2n) is 5.49. The van der Waals surface area contributed by atoms with Gasteiger partial charge in [0.05, 0.1) is 13.7 Å². The highest BCUT2D eigenvalue weighted by Gasteiger charge is 2.21. The summed E-state index contributed by atoms with van der Waals surface area (Å²) >= 11 is 0. The molecule has 2 N–H and O–H groups in total. The zero-order valence-electron chi connectivity index (χ0n) is 12.1. The van der Waals surface area contributed by atoms with Crippen LogP contribution in [0.3, 0.4) is 0 Å². The Bertz CT molecular complexity index is 436. The molecular weight excluding hydrogens is 242 g/mol. The Balaban J connectivity index is 2.86. The van der Waals surface area contributed by atoms with Gasteiger partial charge in [-0.1, -0.05) is 26.8 Å². The van der Waals surface area contributed by atoms with Crippen LogP contribution in [-0.4, -0.2) is 31.2 Å². The maximum absolute atomic E-state index is 11.9. The van der Waals surface area contributed by atoms with E-state index in [9.17, 15) is 4.79 Å². The van der Waals surface area contributed by atoms with E-state index < -0.39 is 0 Å². The molecule has 0 unspecified atom stereocenters. The number of aliphatic hydroxyl groups is 1. The van der Waals surface area contributed by atoms with Crippen LogP contribution < -0.4 is 10.1 Å². The largest absolute Gasteiger partial charge is 0.496 e. The molecule has 0 spiro atoms. The van der Waals surface area contributed by atoms with Crippen molar-refractivity contribution in [1.82, 2.24) is 0 Å². The third-order valence-electron chi connectivity index (χ3n) is 2.99. The van der Waals surface area contributed by atoms with E-state index in [2.05, 4.69) is 5.32 Å². The summed E-state index contributed by atoms with van der Waals surface area (Å²) in [6, 6.07) is 5.61. The standard InChI is InChI=1S/C15H23NO3/c1-15(2,3)14(18)10-16-12-6-5-7-13(19-4)11(12)8-9-17/h5-7,16-17H,8-10H2,1-4H3. The third kappa shape index (κ3) is 4.24. The van der Waals surface area contributed by atoms with Crippen molar-refractivity contribution in [2.45, 2.75) is 27.2 Å². The van der Waals surface area contributed by atoms with Gasteiger partial charge < -0.3 is 15.2 Å². The summed E-state index contributed by atoms with van der Waals surface area (Å²) in [4.78, 5) is 11.9. The summed E-state index contributed by atoms with van der Waals surface area (Å²) in [5.41, 5.74) is 1.38. The number of carbonyl (C=O) groups is 1. The van der Waals surface area contributed by atoms with Crippen LogP contribution in [0.4, 0.5) is 5.69 Å².